The van der Waals surface area contributed by atoms with E-state index in [4.69, 9.17) is 0 Å². The highest BCUT2D eigenvalue weighted by molar-refractivity contribution is 5.94. The molecule has 2 aliphatic rings. The van der Waals surface area contributed by atoms with Gasteiger partial charge in [-0.05, 0) is 68.6 Å². The highest BCUT2D eigenvalue weighted by Gasteiger charge is 2.42. The summed E-state index contributed by atoms with van der Waals surface area (Å²) in [5, 5.41) is 3.11. The SMILES string of the molecule is Cc1cccc(Cn2cccc(C(=O)N[C@H](C)[C@H]3C[C@H]4CC[C@H]3C4)c2=O)c1. The summed E-state index contributed by atoms with van der Waals surface area (Å²) in [6, 6.07) is 11.6. The molecule has 0 radical (unpaired) electrons. The topological polar surface area (TPSA) is 51.1 Å². The molecule has 0 aliphatic heterocycles. The molecule has 1 N–H and O–H groups in total. The number of amides is 1. The number of benzene rings is 1. The lowest BCUT2D eigenvalue weighted by Crippen LogP contribution is -2.42. The fourth-order valence-corrected chi connectivity index (χ4v) is 5.14. The maximum absolute atomic E-state index is 12.8. The molecule has 0 saturated heterocycles. The maximum atomic E-state index is 12.8. The fraction of sp³-hybridized carbons (Fsp3) is 0.478. The lowest BCUT2D eigenvalue weighted by molar-refractivity contribution is 0.0913. The number of hydrogen-bond donors (Lipinski definition) is 1. The first-order chi connectivity index (χ1) is 13.0. The van der Waals surface area contributed by atoms with E-state index < -0.39 is 0 Å². The molecule has 4 heteroatoms. The van der Waals surface area contributed by atoms with Gasteiger partial charge in [-0.1, -0.05) is 36.2 Å². The zero-order valence-electron chi connectivity index (χ0n) is 16.2. The zero-order valence-corrected chi connectivity index (χ0v) is 16.2. The summed E-state index contributed by atoms with van der Waals surface area (Å²) in [4.78, 5) is 25.6. The first-order valence-electron chi connectivity index (χ1n) is 10.1. The molecule has 4 nitrogen and oxygen atoms in total. The smallest absolute Gasteiger partial charge is 0.263 e. The van der Waals surface area contributed by atoms with Crippen molar-refractivity contribution < 1.29 is 4.79 Å². The van der Waals surface area contributed by atoms with Crippen molar-refractivity contribution in [2.24, 2.45) is 17.8 Å². The van der Waals surface area contributed by atoms with Crippen LogP contribution >= 0.6 is 0 Å². The third kappa shape index (κ3) is 3.71. The predicted molar refractivity (Wildman–Crippen MR) is 107 cm³/mol. The van der Waals surface area contributed by atoms with E-state index in [0.29, 0.717) is 12.5 Å². The monoisotopic (exact) mass is 364 g/mol. The van der Waals surface area contributed by atoms with Crippen LogP contribution in [0.25, 0.3) is 0 Å². The second kappa shape index (κ2) is 7.34. The number of hydrogen-bond acceptors (Lipinski definition) is 2. The quantitative estimate of drug-likeness (QED) is 0.878. The number of rotatable bonds is 5. The molecule has 0 spiro atoms. The molecular weight excluding hydrogens is 336 g/mol. The Bertz CT molecular complexity index is 901. The van der Waals surface area contributed by atoms with Gasteiger partial charge in [-0.2, -0.15) is 0 Å². The summed E-state index contributed by atoms with van der Waals surface area (Å²) in [6.45, 7) is 4.61. The van der Waals surface area contributed by atoms with Gasteiger partial charge in [-0.15, -0.1) is 0 Å². The molecule has 1 heterocycles. The molecule has 1 aromatic carbocycles. The third-order valence-corrected chi connectivity index (χ3v) is 6.49. The van der Waals surface area contributed by atoms with Crippen LogP contribution in [0.1, 0.15) is 54.1 Å². The lowest BCUT2D eigenvalue weighted by Gasteiger charge is -2.28. The van der Waals surface area contributed by atoms with Crippen molar-refractivity contribution in [2.45, 2.75) is 52.1 Å². The van der Waals surface area contributed by atoms with Gasteiger partial charge in [-0.25, -0.2) is 0 Å². The first-order valence-corrected chi connectivity index (χ1v) is 10.1. The largest absolute Gasteiger partial charge is 0.349 e. The number of aromatic nitrogens is 1. The molecule has 1 amide bonds. The van der Waals surface area contributed by atoms with Gasteiger partial charge >= 0.3 is 0 Å². The van der Waals surface area contributed by atoms with E-state index in [2.05, 4.69) is 18.3 Å². The van der Waals surface area contributed by atoms with Gasteiger partial charge in [0.15, 0.2) is 0 Å². The number of aryl methyl sites for hydroxylation is 1. The van der Waals surface area contributed by atoms with E-state index in [1.807, 2.05) is 25.1 Å². The first kappa shape index (κ1) is 18.0. The summed E-state index contributed by atoms with van der Waals surface area (Å²) in [5.74, 6) is 1.92. The van der Waals surface area contributed by atoms with E-state index in [0.717, 1.165) is 23.0 Å². The molecule has 2 bridgehead atoms. The normalized spacial score (nSPS) is 24.7. The molecule has 142 valence electrons. The van der Waals surface area contributed by atoms with Gasteiger partial charge < -0.3 is 9.88 Å². The van der Waals surface area contributed by atoms with E-state index in [1.165, 1.54) is 25.7 Å². The van der Waals surface area contributed by atoms with Crippen LogP contribution in [-0.4, -0.2) is 16.5 Å². The molecule has 27 heavy (non-hydrogen) atoms. The van der Waals surface area contributed by atoms with Crippen LogP contribution < -0.4 is 10.9 Å². The Hall–Kier alpha value is -2.36. The van der Waals surface area contributed by atoms with Gasteiger partial charge in [0, 0.05) is 12.2 Å². The van der Waals surface area contributed by atoms with Crippen molar-refractivity contribution in [3.8, 4) is 0 Å². The minimum absolute atomic E-state index is 0.123. The van der Waals surface area contributed by atoms with Gasteiger partial charge in [0.1, 0.15) is 5.56 Å². The molecular formula is C23H28N2O2. The van der Waals surface area contributed by atoms with E-state index in [9.17, 15) is 9.59 Å². The maximum Gasteiger partial charge on any atom is 0.263 e. The average molecular weight is 364 g/mol. The third-order valence-electron chi connectivity index (χ3n) is 6.49. The Labute approximate surface area is 160 Å². The standard InChI is InChI=1S/C23H28N2O2/c1-15-5-3-6-18(11-15)14-25-10-4-7-20(23(25)27)22(26)24-16(2)21-13-17-8-9-19(21)12-17/h3-7,10-11,16-17,19,21H,8-9,12-14H2,1-2H3,(H,24,26)/t16-,17+,19+,21-/m1/s1. The van der Waals surface area contributed by atoms with Gasteiger partial charge in [0.2, 0.25) is 0 Å². The van der Waals surface area contributed by atoms with Crippen LogP contribution in [0.5, 0.6) is 0 Å². The van der Waals surface area contributed by atoms with Crippen LogP contribution in [0, 0.1) is 24.7 Å². The molecule has 2 aromatic rings. The highest BCUT2D eigenvalue weighted by atomic mass is 16.2. The second-order valence-corrected chi connectivity index (χ2v) is 8.44. The van der Waals surface area contributed by atoms with Crippen molar-refractivity contribution in [3.05, 3.63) is 69.6 Å². The average Bonchev–Trinajstić information content (AvgIpc) is 3.27. The fourth-order valence-electron chi connectivity index (χ4n) is 5.14. The molecule has 2 fully saturated rings. The molecule has 2 saturated carbocycles. The Morgan fingerprint density at radius 3 is 2.78 bits per heavy atom. The van der Waals surface area contributed by atoms with Crippen LogP contribution in [0.3, 0.4) is 0 Å². The minimum Gasteiger partial charge on any atom is -0.349 e. The molecule has 1 aromatic heterocycles. The number of nitrogens with one attached hydrogen (secondary N) is 1. The van der Waals surface area contributed by atoms with Crippen LogP contribution in [0.15, 0.2) is 47.4 Å². The number of carbonyl (C=O) groups excluding carboxylic acids is 1. The Morgan fingerprint density at radius 2 is 2.07 bits per heavy atom. The van der Waals surface area contributed by atoms with Crippen molar-refractivity contribution >= 4 is 5.91 Å². The summed E-state index contributed by atoms with van der Waals surface area (Å²) >= 11 is 0. The minimum atomic E-state index is -0.242. The van der Waals surface area contributed by atoms with Crippen LogP contribution in [0.2, 0.25) is 0 Å². The molecule has 0 unspecified atom stereocenters. The highest BCUT2D eigenvalue weighted by Crippen LogP contribution is 2.49. The zero-order chi connectivity index (χ0) is 19.0. The second-order valence-electron chi connectivity index (χ2n) is 8.44. The van der Waals surface area contributed by atoms with Crippen LogP contribution in [-0.2, 0) is 6.54 Å². The summed E-state index contributed by atoms with van der Waals surface area (Å²) in [6.07, 6.45) is 6.94. The van der Waals surface area contributed by atoms with Gasteiger partial charge in [0.05, 0.1) is 6.54 Å². The van der Waals surface area contributed by atoms with Crippen molar-refractivity contribution in [1.82, 2.24) is 9.88 Å². The van der Waals surface area contributed by atoms with E-state index >= 15 is 0 Å². The van der Waals surface area contributed by atoms with Gasteiger partial charge in [0.25, 0.3) is 11.5 Å². The number of nitrogens with zero attached hydrogens (tertiary/aromatic N) is 1. The van der Waals surface area contributed by atoms with E-state index in [-0.39, 0.29) is 23.1 Å². The van der Waals surface area contributed by atoms with E-state index in [1.54, 1.807) is 22.9 Å². The lowest BCUT2D eigenvalue weighted by atomic mass is 9.84. The molecule has 4 rings (SSSR count). The summed E-state index contributed by atoms with van der Waals surface area (Å²) in [5.41, 5.74) is 2.23. The van der Waals surface area contributed by atoms with Crippen LogP contribution in [0.4, 0.5) is 0 Å². The summed E-state index contributed by atoms with van der Waals surface area (Å²) < 4.78 is 1.62. The Kier molecular flexibility index (Phi) is 4.90. The Morgan fingerprint density at radius 1 is 1.22 bits per heavy atom. The number of carbonyl (C=O) groups is 1. The summed E-state index contributed by atoms with van der Waals surface area (Å²) in [7, 11) is 0. The molecule has 2 aliphatic carbocycles. The molecule has 4 atom stereocenters. The number of fused-ring (bicyclic) bond motifs is 2. The number of pyridine rings is 1. The predicted octanol–water partition coefficient (Wildman–Crippen LogP) is 3.76. The van der Waals surface area contributed by atoms with Crippen molar-refractivity contribution in [2.75, 3.05) is 0 Å². The van der Waals surface area contributed by atoms with Crippen molar-refractivity contribution in [3.63, 3.8) is 0 Å². The Balaban J connectivity index is 1.48. The van der Waals surface area contributed by atoms with Crippen molar-refractivity contribution in [1.29, 1.82) is 0 Å². The van der Waals surface area contributed by atoms with Gasteiger partial charge in [-0.3, -0.25) is 9.59 Å².